The molecule has 1 amide bonds. The predicted octanol–water partition coefficient (Wildman–Crippen LogP) is 13.8. The normalized spacial score (nSPS) is 19.2. The second-order valence-corrected chi connectivity index (χ2v) is 13.7. The van der Waals surface area contributed by atoms with Gasteiger partial charge in [-0.2, -0.15) is 0 Å². The van der Waals surface area contributed by atoms with Crippen LogP contribution in [-0.4, -0.2) is 42.1 Å². The number of hydrogen-bond acceptors (Lipinski definition) is 3. The Kier molecular flexibility index (Phi) is 27.0. The van der Waals surface area contributed by atoms with Crippen LogP contribution in [0.5, 0.6) is 0 Å². The lowest BCUT2D eigenvalue weighted by Crippen LogP contribution is -2.44. The van der Waals surface area contributed by atoms with Gasteiger partial charge in [-0.3, -0.25) is 14.5 Å². The van der Waals surface area contributed by atoms with E-state index in [0.29, 0.717) is 35.4 Å². The molecule has 57 heavy (non-hydrogen) atoms. The molecule has 0 saturated carbocycles. The highest BCUT2D eigenvalue weighted by atomic mass is 35.5. The van der Waals surface area contributed by atoms with E-state index < -0.39 is 0 Å². The number of halogens is 1. The number of fused-ring (bicyclic) bond motifs is 7. The molecule has 2 bridgehead atoms. The van der Waals surface area contributed by atoms with Gasteiger partial charge >= 0.3 is 0 Å². The Bertz CT molecular complexity index is 1690. The highest BCUT2D eigenvalue weighted by Gasteiger charge is 2.37. The van der Waals surface area contributed by atoms with Crippen molar-refractivity contribution < 1.29 is 9.59 Å². The molecule has 1 saturated heterocycles. The van der Waals surface area contributed by atoms with Crippen LogP contribution in [0.25, 0.3) is 6.08 Å². The Hall–Kier alpha value is -3.99. The van der Waals surface area contributed by atoms with Gasteiger partial charge in [0.1, 0.15) is 0 Å². The number of ketones is 1. The van der Waals surface area contributed by atoms with Crippen LogP contribution in [0.3, 0.4) is 0 Å². The van der Waals surface area contributed by atoms with E-state index in [4.69, 9.17) is 11.6 Å². The van der Waals surface area contributed by atoms with Crippen LogP contribution in [0, 0.1) is 11.8 Å². The van der Waals surface area contributed by atoms with Crippen LogP contribution in [0.15, 0.2) is 131 Å². The summed E-state index contributed by atoms with van der Waals surface area (Å²) in [5.41, 5.74) is 8.99. The van der Waals surface area contributed by atoms with Gasteiger partial charge in [-0.05, 0) is 65.4 Å². The quantitative estimate of drug-likeness (QED) is 0.156. The largest absolute Gasteiger partial charge is 0.325 e. The van der Waals surface area contributed by atoms with Crippen molar-refractivity contribution in [3.05, 3.63) is 148 Å². The minimum atomic E-state index is -0.106. The van der Waals surface area contributed by atoms with E-state index in [0.717, 1.165) is 37.9 Å². The van der Waals surface area contributed by atoms with E-state index in [1.54, 1.807) is 6.08 Å². The number of nitrogens with one attached hydrogen (secondary N) is 1. The van der Waals surface area contributed by atoms with Gasteiger partial charge in [0.15, 0.2) is 5.78 Å². The van der Waals surface area contributed by atoms with Gasteiger partial charge in [0, 0.05) is 42.6 Å². The van der Waals surface area contributed by atoms with Crippen LogP contribution in [0.2, 0.25) is 0 Å². The fraction of sp³-hybridized carbons (Fsp3) is 0.462. The molecule has 0 spiro atoms. The minimum Gasteiger partial charge on any atom is -0.325 e. The number of carbonyl (C=O) groups excluding carboxylic acids is 2. The molecule has 1 aliphatic heterocycles. The summed E-state index contributed by atoms with van der Waals surface area (Å²) < 4.78 is 0. The smallest absolute Gasteiger partial charge is 0.238 e. The Morgan fingerprint density at radius 3 is 2.18 bits per heavy atom. The van der Waals surface area contributed by atoms with Crippen molar-refractivity contribution in [1.82, 2.24) is 10.2 Å². The van der Waals surface area contributed by atoms with Gasteiger partial charge in [0.05, 0.1) is 6.54 Å². The van der Waals surface area contributed by atoms with E-state index in [2.05, 4.69) is 90.9 Å². The van der Waals surface area contributed by atoms with Crippen molar-refractivity contribution in [2.24, 2.45) is 11.8 Å². The Labute approximate surface area is 353 Å². The number of likely N-dealkylation sites (tertiary alicyclic amines) is 1. The zero-order valence-electron chi connectivity index (χ0n) is 37.3. The highest BCUT2D eigenvalue weighted by molar-refractivity contribution is 6.19. The summed E-state index contributed by atoms with van der Waals surface area (Å²) in [6.07, 6.45) is 24.7. The molecule has 312 valence electrons. The third-order valence-corrected chi connectivity index (χ3v) is 9.68. The number of amides is 1. The molecule has 4 nitrogen and oxygen atoms in total. The zero-order chi connectivity index (χ0) is 42.6. The number of carbonyl (C=O) groups is 2. The summed E-state index contributed by atoms with van der Waals surface area (Å²) in [6, 6.07) is 18.5. The third kappa shape index (κ3) is 15.7. The van der Waals surface area contributed by atoms with Gasteiger partial charge in [-0.25, -0.2) is 0 Å². The Balaban J connectivity index is 0.00000135. The van der Waals surface area contributed by atoms with Crippen LogP contribution in [0.4, 0.5) is 0 Å². The van der Waals surface area contributed by atoms with E-state index in [1.165, 1.54) is 34.3 Å². The Morgan fingerprint density at radius 1 is 0.842 bits per heavy atom. The fourth-order valence-corrected chi connectivity index (χ4v) is 7.71. The van der Waals surface area contributed by atoms with E-state index in [9.17, 15) is 9.59 Å². The minimum absolute atomic E-state index is 0.0562. The van der Waals surface area contributed by atoms with Crippen LogP contribution in [-0.2, 0) is 16.0 Å². The first-order valence-corrected chi connectivity index (χ1v) is 22.6. The van der Waals surface area contributed by atoms with Crippen molar-refractivity contribution in [3.63, 3.8) is 0 Å². The molecule has 3 atom stereocenters. The predicted molar refractivity (Wildman–Crippen MR) is 251 cm³/mol. The van der Waals surface area contributed by atoms with Gasteiger partial charge in [0.25, 0.3) is 0 Å². The maximum atomic E-state index is 13.8. The second-order valence-electron chi connectivity index (χ2n) is 13.4. The molecule has 0 aromatic heterocycles. The molecular formula is C52H75ClN2O2. The first kappa shape index (κ1) is 51.0. The Morgan fingerprint density at radius 2 is 1.51 bits per heavy atom. The molecule has 6 rings (SSSR count). The zero-order valence-corrected chi connectivity index (χ0v) is 38.1. The molecule has 5 heteroatoms. The number of benzene rings is 2. The third-order valence-electron chi connectivity index (χ3n) is 9.53. The average molecular weight is 796 g/mol. The number of allylic oxidation sites excluding steroid dienone is 10. The lowest BCUT2D eigenvalue weighted by Gasteiger charge is -2.40. The summed E-state index contributed by atoms with van der Waals surface area (Å²) in [4.78, 5) is 29.6. The summed E-state index contributed by atoms with van der Waals surface area (Å²) in [5, 5.41) is 3.13. The maximum Gasteiger partial charge on any atom is 0.238 e. The number of hydrogen-bond donors (Lipinski definition) is 1. The van der Waals surface area contributed by atoms with E-state index in [-0.39, 0.29) is 30.5 Å². The summed E-state index contributed by atoms with van der Waals surface area (Å²) in [7, 11) is 0. The maximum absolute atomic E-state index is 13.8. The molecule has 1 N–H and O–H groups in total. The highest BCUT2D eigenvalue weighted by Crippen LogP contribution is 2.48. The molecule has 1 heterocycles. The molecule has 1 fully saturated rings. The standard InChI is InChI=1S/C41H43ClN2O2.C3H8.4C2H6/c1-2-11-38(36(22-23-42)39(45)25-29-12-5-3-6-13-29)43-40(46)28-44-26-30-18-19-31-15-9-10-16-34(31)37(24-30)41-33(27-44)21-20-32-14-7-4-8-17-35(32)41;1-3-2;4*1-2/h3-13,15-20,22,30,33,37H,2,14,21,23-28H2,1H3,(H,43,46);3H2,1-2H3;4*1-2H3/b36-22+,38-11+;;;;;. The first-order valence-electron chi connectivity index (χ1n) is 22.0. The summed E-state index contributed by atoms with van der Waals surface area (Å²) in [6.45, 7) is 24.1. The SMILES string of the molecule is CC.CC.CC.CC.CC/C=C(NC(=O)CN1CC2C=Cc3ccccc3C(C2)C2=C3C=CC=CCC3=CCC2C1)\C(=C/CCl)C(=O)Cc1ccccc1.CCC. The van der Waals surface area contributed by atoms with Crippen molar-refractivity contribution in [2.45, 2.75) is 121 Å². The molecule has 3 unspecified atom stereocenters. The van der Waals surface area contributed by atoms with Crippen molar-refractivity contribution >= 4 is 29.4 Å². The topological polar surface area (TPSA) is 49.4 Å². The van der Waals surface area contributed by atoms with E-state index in [1.807, 2.05) is 98.7 Å². The van der Waals surface area contributed by atoms with Gasteiger partial charge in [-0.1, -0.05) is 197 Å². The van der Waals surface area contributed by atoms with E-state index >= 15 is 0 Å². The van der Waals surface area contributed by atoms with Gasteiger partial charge in [0.2, 0.25) is 5.91 Å². The molecule has 3 aliphatic carbocycles. The molecule has 2 aromatic carbocycles. The summed E-state index contributed by atoms with van der Waals surface area (Å²) in [5.74, 6) is 0.999. The molecular weight excluding hydrogens is 720 g/mol. The first-order chi connectivity index (χ1) is 27.9. The number of alkyl halides is 1. The fourth-order valence-electron chi connectivity index (χ4n) is 7.55. The molecule has 0 radical (unpaired) electrons. The van der Waals surface area contributed by atoms with Crippen molar-refractivity contribution in [2.75, 3.05) is 25.5 Å². The number of nitrogens with zero attached hydrogens (tertiary/aromatic N) is 1. The van der Waals surface area contributed by atoms with Gasteiger partial charge < -0.3 is 5.32 Å². The van der Waals surface area contributed by atoms with Crippen LogP contribution < -0.4 is 5.32 Å². The van der Waals surface area contributed by atoms with Crippen molar-refractivity contribution in [1.29, 1.82) is 0 Å². The second kappa shape index (κ2) is 30.1. The number of Topliss-reactive ketones (excluding diaryl/α,β-unsaturated/α-hetero) is 1. The lowest BCUT2D eigenvalue weighted by molar-refractivity contribution is -0.121. The van der Waals surface area contributed by atoms with Crippen LogP contribution >= 0.6 is 11.6 Å². The molecule has 4 aliphatic rings. The van der Waals surface area contributed by atoms with Gasteiger partial charge in [-0.15, -0.1) is 11.6 Å². The van der Waals surface area contributed by atoms with Crippen LogP contribution in [0.1, 0.15) is 131 Å². The average Bonchev–Trinajstić information content (AvgIpc) is 3.60. The van der Waals surface area contributed by atoms with Crippen molar-refractivity contribution in [3.8, 4) is 0 Å². The number of rotatable bonds is 9. The summed E-state index contributed by atoms with van der Waals surface area (Å²) >= 11 is 6.13. The molecule has 2 aromatic rings. The monoisotopic (exact) mass is 795 g/mol. The lowest BCUT2D eigenvalue weighted by atomic mass is 9.70.